The molecule has 0 saturated carbocycles. The van der Waals surface area contributed by atoms with Crippen LogP contribution < -0.4 is 11.5 Å². The van der Waals surface area contributed by atoms with Gasteiger partial charge in [0, 0.05) is 37.1 Å². The lowest BCUT2D eigenvalue weighted by atomic mass is 9.79. The summed E-state index contributed by atoms with van der Waals surface area (Å²) in [5, 5.41) is 11.6. The Bertz CT molecular complexity index is 1350. The van der Waals surface area contributed by atoms with E-state index in [1.54, 1.807) is 13.8 Å². The van der Waals surface area contributed by atoms with E-state index in [1.807, 2.05) is 0 Å². The number of nitro groups is 1. The maximum absolute atomic E-state index is 13.5. The number of carbonyl (C=O) groups excluding carboxylic acids is 5. The zero-order valence-electron chi connectivity index (χ0n) is 25.0. The first-order chi connectivity index (χ1) is 20.7. The second-order valence-electron chi connectivity index (χ2n) is 9.79. The molecule has 1 aliphatic rings. The molecule has 1 aromatic carbocycles. The number of non-ortho nitro benzene ring substituents is 1. The summed E-state index contributed by atoms with van der Waals surface area (Å²) >= 11 is 0. The van der Waals surface area contributed by atoms with Crippen molar-refractivity contribution in [2.75, 3.05) is 27.1 Å². The molecule has 1 aromatic rings. The van der Waals surface area contributed by atoms with Gasteiger partial charge in [-0.3, -0.25) is 24.6 Å². The van der Waals surface area contributed by atoms with Crippen molar-refractivity contribution in [1.82, 2.24) is 4.90 Å². The van der Waals surface area contributed by atoms with Crippen LogP contribution in [0.4, 0.5) is 10.5 Å². The molecule has 0 aliphatic carbocycles. The van der Waals surface area contributed by atoms with Crippen LogP contribution >= 0.6 is 0 Å². The lowest BCUT2D eigenvalue weighted by Gasteiger charge is -2.36. The van der Waals surface area contributed by atoms with Crippen LogP contribution in [-0.2, 0) is 42.9 Å². The average molecular weight is 621 g/mol. The molecule has 1 heterocycles. The van der Waals surface area contributed by atoms with Crippen LogP contribution in [0.25, 0.3) is 0 Å². The Labute approximate surface area is 253 Å². The molecule has 2 atom stereocenters. The molecule has 4 N–H and O–H groups in total. The molecule has 44 heavy (non-hydrogen) atoms. The standard InChI is InChI=1S/C28H36N4O12/c1-15(2)44-27(36)23-17(4)31(28(37)43-14-42-21(33)10-9-20(29)25(30)34)16(3)22(26(35)41-12-11-40-5)24(23)18-7-6-8-19(13-18)32(38)39/h6-8,13,15,20,24H,9-12,14,29H2,1-5H3,(H2,30,34)/t20-,24?/m0/s1. The van der Waals surface area contributed by atoms with E-state index in [0.717, 1.165) is 4.90 Å². The maximum Gasteiger partial charge on any atom is 0.421 e. The first-order valence-corrected chi connectivity index (χ1v) is 13.4. The molecule has 0 bridgehead atoms. The number of methoxy groups -OCH3 is 1. The fraction of sp³-hybridized carbons (Fsp3) is 0.464. The number of benzene rings is 1. The van der Waals surface area contributed by atoms with E-state index in [1.165, 1.54) is 45.2 Å². The number of nitro benzene ring substituents is 1. The SMILES string of the molecule is COCCOC(=O)C1=C(C)N(C(=O)OCOC(=O)CC[C@H](N)C(N)=O)C(C)=C(C(=O)OC(C)C)C1c1cccc([N+](=O)[O-])c1. The molecule has 0 fully saturated rings. The van der Waals surface area contributed by atoms with Crippen LogP contribution in [0.2, 0.25) is 0 Å². The van der Waals surface area contributed by atoms with Crippen molar-refractivity contribution in [2.45, 2.75) is 58.6 Å². The highest BCUT2D eigenvalue weighted by Crippen LogP contribution is 2.44. The van der Waals surface area contributed by atoms with Crippen LogP contribution in [0, 0.1) is 10.1 Å². The molecule has 240 valence electrons. The van der Waals surface area contributed by atoms with Crippen molar-refractivity contribution in [3.05, 3.63) is 62.5 Å². The zero-order chi connectivity index (χ0) is 33.1. The Morgan fingerprint density at radius 2 is 1.64 bits per heavy atom. The van der Waals surface area contributed by atoms with Crippen LogP contribution in [0.5, 0.6) is 0 Å². The number of nitrogens with zero attached hydrogens (tertiary/aromatic N) is 2. The lowest BCUT2D eigenvalue weighted by molar-refractivity contribution is -0.384. The molecule has 2 amide bonds. The first-order valence-electron chi connectivity index (χ1n) is 13.4. The number of carbonyl (C=O) groups is 5. The van der Waals surface area contributed by atoms with E-state index in [-0.39, 0.29) is 59.8 Å². The summed E-state index contributed by atoms with van der Waals surface area (Å²) in [6.07, 6.45) is -2.11. The molecule has 16 heteroatoms. The van der Waals surface area contributed by atoms with Crippen molar-refractivity contribution in [3.63, 3.8) is 0 Å². The maximum atomic E-state index is 13.5. The minimum Gasteiger partial charge on any atom is -0.460 e. The van der Waals surface area contributed by atoms with E-state index < -0.39 is 59.7 Å². The van der Waals surface area contributed by atoms with Crippen molar-refractivity contribution in [3.8, 4) is 0 Å². The van der Waals surface area contributed by atoms with Crippen molar-refractivity contribution < 1.29 is 52.6 Å². The molecule has 1 aliphatic heterocycles. The van der Waals surface area contributed by atoms with Crippen molar-refractivity contribution in [2.24, 2.45) is 11.5 Å². The number of hydrogen-bond acceptors (Lipinski definition) is 13. The second kappa shape index (κ2) is 16.1. The van der Waals surface area contributed by atoms with Gasteiger partial charge in [-0.2, -0.15) is 0 Å². The van der Waals surface area contributed by atoms with E-state index in [0.29, 0.717) is 0 Å². The quantitative estimate of drug-likeness (QED) is 0.0757. The van der Waals surface area contributed by atoms with Crippen LogP contribution in [0.3, 0.4) is 0 Å². The summed E-state index contributed by atoms with van der Waals surface area (Å²) in [5.74, 6) is -4.72. The number of nitrogens with two attached hydrogens (primary N) is 2. The van der Waals surface area contributed by atoms with Crippen LogP contribution in [0.1, 0.15) is 52.0 Å². The molecule has 0 saturated heterocycles. The van der Waals surface area contributed by atoms with E-state index >= 15 is 0 Å². The topological polar surface area (TPSA) is 230 Å². The molecular weight excluding hydrogens is 584 g/mol. The van der Waals surface area contributed by atoms with Gasteiger partial charge in [0.1, 0.15) is 6.61 Å². The minimum absolute atomic E-state index is 0.0122. The van der Waals surface area contributed by atoms with Gasteiger partial charge in [0.25, 0.3) is 5.69 Å². The van der Waals surface area contributed by atoms with E-state index in [2.05, 4.69) is 0 Å². The largest absolute Gasteiger partial charge is 0.460 e. The van der Waals surface area contributed by atoms with Gasteiger partial charge in [0.2, 0.25) is 12.7 Å². The van der Waals surface area contributed by atoms with Gasteiger partial charge in [-0.25, -0.2) is 14.4 Å². The number of ether oxygens (including phenoxy) is 5. The second-order valence-corrected chi connectivity index (χ2v) is 9.79. The van der Waals surface area contributed by atoms with Crippen LogP contribution in [0.15, 0.2) is 46.8 Å². The molecule has 0 spiro atoms. The summed E-state index contributed by atoms with van der Waals surface area (Å²) < 4.78 is 25.7. The third-order valence-corrected chi connectivity index (χ3v) is 6.36. The molecule has 16 nitrogen and oxygen atoms in total. The summed E-state index contributed by atoms with van der Waals surface area (Å²) in [7, 11) is 1.40. The third-order valence-electron chi connectivity index (χ3n) is 6.36. The summed E-state index contributed by atoms with van der Waals surface area (Å²) in [6.45, 7) is 4.99. The minimum atomic E-state index is -1.24. The molecule has 1 unspecified atom stereocenters. The predicted octanol–water partition coefficient (Wildman–Crippen LogP) is 1.91. The number of primary amides is 1. The highest BCUT2D eigenvalue weighted by atomic mass is 16.7. The van der Waals surface area contributed by atoms with Gasteiger partial charge < -0.3 is 35.2 Å². The molecule has 2 rings (SSSR count). The van der Waals surface area contributed by atoms with Gasteiger partial charge in [-0.15, -0.1) is 0 Å². The number of hydrogen-bond donors (Lipinski definition) is 2. The summed E-state index contributed by atoms with van der Waals surface area (Å²) in [5.41, 5.74) is 10.0. The molecule has 0 aromatic heterocycles. The first kappa shape index (κ1) is 35.4. The average Bonchev–Trinajstić information content (AvgIpc) is 2.95. The Hall–Kier alpha value is -4.83. The Morgan fingerprint density at radius 3 is 2.20 bits per heavy atom. The van der Waals surface area contributed by atoms with Gasteiger partial charge >= 0.3 is 24.0 Å². The highest BCUT2D eigenvalue weighted by Gasteiger charge is 2.43. The van der Waals surface area contributed by atoms with Gasteiger partial charge in [-0.1, -0.05) is 12.1 Å². The smallest absolute Gasteiger partial charge is 0.421 e. The summed E-state index contributed by atoms with van der Waals surface area (Å²) in [4.78, 5) is 75.2. The fourth-order valence-corrected chi connectivity index (χ4v) is 4.28. The Morgan fingerprint density at radius 1 is 1.00 bits per heavy atom. The normalized spacial score (nSPS) is 15.5. The fourth-order valence-electron chi connectivity index (χ4n) is 4.28. The number of allylic oxidation sites excluding steroid dienone is 2. The van der Waals surface area contributed by atoms with Gasteiger partial charge in [-0.05, 0) is 39.7 Å². The van der Waals surface area contributed by atoms with Crippen molar-refractivity contribution >= 4 is 35.6 Å². The number of amides is 2. The summed E-state index contributed by atoms with van der Waals surface area (Å²) in [6, 6.07) is 4.26. The molecule has 0 radical (unpaired) electrons. The number of esters is 3. The van der Waals surface area contributed by atoms with Crippen LogP contribution in [-0.4, -0.2) is 79.0 Å². The van der Waals surface area contributed by atoms with E-state index in [4.69, 9.17) is 35.2 Å². The number of rotatable bonds is 14. The Balaban J connectivity index is 2.56. The predicted molar refractivity (Wildman–Crippen MR) is 151 cm³/mol. The monoisotopic (exact) mass is 620 g/mol. The lowest BCUT2D eigenvalue weighted by Crippen LogP contribution is -2.39. The highest BCUT2D eigenvalue weighted by molar-refractivity contribution is 6.01. The third kappa shape index (κ3) is 9.08. The zero-order valence-corrected chi connectivity index (χ0v) is 25.0. The Kier molecular flexibility index (Phi) is 13.0. The van der Waals surface area contributed by atoms with Gasteiger partial charge in [0.15, 0.2) is 0 Å². The molecular formula is C28H36N4O12. The van der Waals surface area contributed by atoms with E-state index in [9.17, 15) is 34.1 Å². The van der Waals surface area contributed by atoms with Gasteiger partial charge in [0.05, 0.1) is 40.7 Å². The van der Waals surface area contributed by atoms with Crippen molar-refractivity contribution in [1.29, 1.82) is 0 Å².